The molecule has 1 unspecified atom stereocenters. The highest BCUT2D eigenvalue weighted by Gasteiger charge is 2.06. The summed E-state index contributed by atoms with van der Waals surface area (Å²) in [4.78, 5) is 15.1. The molecule has 1 atom stereocenters. The number of methoxy groups -OCH3 is 1. The first-order valence-corrected chi connectivity index (χ1v) is 4.98. The van der Waals surface area contributed by atoms with Crippen molar-refractivity contribution in [2.24, 2.45) is 0 Å². The molecule has 7 heteroatoms. The van der Waals surface area contributed by atoms with Gasteiger partial charge in [-0.1, -0.05) is 0 Å². The standard InChI is InChI=1S/C9H16N4O3/c1-16-5-8(14)4-11-9(15)2-3-13-7-10-6-12-13/h6-8,14H,2-5H2,1H3,(H,11,15). The molecule has 1 aromatic heterocycles. The largest absolute Gasteiger partial charge is 0.389 e. The van der Waals surface area contributed by atoms with E-state index in [9.17, 15) is 9.90 Å². The highest BCUT2D eigenvalue weighted by Crippen LogP contribution is 1.88. The topological polar surface area (TPSA) is 89.3 Å². The zero-order chi connectivity index (χ0) is 11.8. The van der Waals surface area contributed by atoms with E-state index >= 15 is 0 Å². The van der Waals surface area contributed by atoms with Gasteiger partial charge < -0.3 is 15.2 Å². The number of aryl methyl sites for hydroxylation is 1. The molecule has 0 radical (unpaired) electrons. The van der Waals surface area contributed by atoms with Gasteiger partial charge in [-0.05, 0) is 0 Å². The van der Waals surface area contributed by atoms with Gasteiger partial charge in [0.05, 0.1) is 19.3 Å². The number of nitrogens with zero attached hydrogens (tertiary/aromatic N) is 3. The van der Waals surface area contributed by atoms with Gasteiger partial charge in [0.2, 0.25) is 5.91 Å². The fourth-order valence-corrected chi connectivity index (χ4v) is 1.14. The van der Waals surface area contributed by atoms with Crippen molar-refractivity contribution < 1.29 is 14.6 Å². The first-order chi connectivity index (χ1) is 7.72. The number of hydrogen-bond donors (Lipinski definition) is 2. The van der Waals surface area contributed by atoms with E-state index < -0.39 is 6.10 Å². The van der Waals surface area contributed by atoms with E-state index in [1.165, 1.54) is 13.4 Å². The number of nitrogens with one attached hydrogen (secondary N) is 1. The number of aromatic nitrogens is 3. The summed E-state index contributed by atoms with van der Waals surface area (Å²) in [5, 5.41) is 15.8. The van der Waals surface area contributed by atoms with Gasteiger partial charge in [-0.25, -0.2) is 4.98 Å². The lowest BCUT2D eigenvalue weighted by Gasteiger charge is -2.10. The number of carbonyl (C=O) groups is 1. The quantitative estimate of drug-likeness (QED) is 0.611. The van der Waals surface area contributed by atoms with Crippen molar-refractivity contribution in [2.75, 3.05) is 20.3 Å². The molecule has 0 aliphatic carbocycles. The zero-order valence-corrected chi connectivity index (χ0v) is 9.17. The van der Waals surface area contributed by atoms with E-state index in [0.717, 1.165) is 0 Å². The predicted molar refractivity (Wildman–Crippen MR) is 55.5 cm³/mol. The van der Waals surface area contributed by atoms with E-state index in [0.29, 0.717) is 13.0 Å². The summed E-state index contributed by atoms with van der Waals surface area (Å²) in [7, 11) is 1.50. The number of aliphatic hydroxyl groups is 1. The number of ether oxygens (including phenoxy) is 1. The van der Waals surface area contributed by atoms with E-state index in [4.69, 9.17) is 4.74 Å². The van der Waals surface area contributed by atoms with Crippen LogP contribution in [0.15, 0.2) is 12.7 Å². The summed E-state index contributed by atoms with van der Waals surface area (Å²) in [5.74, 6) is -0.134. The summed E-state index contributed by atoms with van der Waals surface area (Å²) in [6.45, 7) is 0.888. The molecular formula is C9H16N4O3. The Morgan fingerprint density at radius 2 is 2.50 bits per heavy atom. The van der Waals surface area contributed by atoms with Gasteiger partial charge in [-0.3, -0.25) is 9.48 Å². The summed E-state index contributed by atoms with van der Waals surface area (Å²) >= 11 is 0. The number of rotatable bonds is 7. The smallest absolute Gasteiger partial charge is 0.221 e. The first-order valence-electron chi connectivity index (χ1n) is 4.98. The van der Waals surface area contributed by atoms with Crippen LogP contribution >= 0.6 is 0 Å². The molecule has 0 saturated carbocycles. The van der Waals surface area contributed by atoms with Crippen molar-refractivity contribution in [3.05, 3.63) is 12.7 Å². The second kappa shape index (κ2) is 6.91. The normalized spacial score (nSPS) is 12.4. The van der Waals surface area contributed by atoms with Crippen LogP contribution in [0, 0.1) is 0 Å². The lowest BCUT2D eigenvalue weighted by atomic mass is 10.3. The maximum Gasteiger partial charge on any atom is 0.221 e. The van der Waals surface area contributed by atoms with Gasteiger partial charge in [0.15, 0.2) is 0 Å². The number of carbonyl (C=O) groups excluding carboxylic acids is 1. The van der Waals surface area contributed by atoms with Crippen LogP contribution in [0.4, 0.5) is 0 Å². The molecule has 0 bridgehead atoms. The fourth-order valence-electron chi connectivity index (χ4n) is 1.14. The minimum Gasteiger partial charge on any atom is -0.389 e. The molecular weight excluding hydrogens is 212 g/mol. The lowest BCUT2D eigenvalue weighted by molar-refractivity contribution is -0.122. The third kappa shape index (κ3) is 4.85. The molecule has 1 aromatic rings. The van der Waals surface area contributed by atoms with Gasteiger partial charge >= 0.3 is 0 Å². The lowest BCUT2D eigenvalue weighted by Crippen LogP contribution is -2.34. The Balaban J connectivity index is 2.11. The van der Waals surface area contributed by atoms with E-state index in [1.54, 1.807) is 11.0 Å². The zero-order valence-electron chi connectivity index (χ0n) is 9.17. The molecule has 0 saturated heterocycles. The van der Waals surface area contributed by atoms with Crippen LogP contribution in [-0.2, 0) is 16.1 Å². The average Bonchev–Trinajstić information content (AvgIpc) is 2.77. The predicted octanol–water partition coefficient (Wildman–Crippen LogP) is -1.21. The van der Waals surface area contributed by atoms with Crippen molar-refractivity contribution in [3.63, 3.8) is 0 Å². The third-order valence-corrected chi connectivity index (χ3v) is 1.93. The van der Waals surface area contributed by atoms with Crippen molar-refractivity contribution in [2.45, 2.75) is 19.1 Å². The van der Waals surface area contributed by atoms with Crippen LogP contribution in [0.1, 0.15) is 6.42 Å². The monoisotopic (exact) mass is 228 g/mol. The Morgan fingerprint density at radius 3 is 3.12 bits per heavy atom. The van der Waals surface area contributed by atoms with Crippen LogP contribution in [0.25, 0.3) is 0 Å². The summed E-state index contributed by atoms with van der Waals surface area (Å²) < 4.78 is 6.31. The van der Waals surface area contributed by atoms with Crippen LogP contribution in [0.5, 0.6) is 0 Å². The Bertz CT molecular complexity index is 302. The molecule has 1 rings (SSSR count). The number of amides is 1. The molecule has 90 valence electrons. The Labute approximate surface area is 93.4 Å². The van der Waals surface area contributed by atoms with Gasteiger partial charge in [0, 0.05) is 20.1 Å². The van der Waals surface area contributed by atoms with Crippen LogP contribution < -0.4 is 5.32 Å². The van der Waals surface area contributed by atoms with Crippen LogP contribution in [-0.4, -0.2) is 52.1 Å². The van der Waals surface area contributed by atoms with Crippen molar-refractivity contribution >= 4 is 5.91 Å². The molecule has 16 heavy (non-hydrogen) atoms. The van der Waals surface area contributed by atoms with Crippen LogP contribution in [0.3, 0.4) is 0 Å². The first kappa shape index (κ1) is 12.6. The van der Waals surface area contributed by atoms with Crippen molar-refractivity contribution in [1.29, 1.82) is 0 Å². The highest BCUT2D eigenvalue weighted by atomic mass is 16.5. The molecule has 1 heterocycles. The Morgan fingerprint density at radius 1 is 1.69 bits per heavy atom. The summed E-state index contributed by atoms with van der Waals surface area (Å²) in [5.41, 5.74) is 0. The fraction of sp³-hybridized carbons (Fsp3) is 0.667. The molecule has 0 spiro atoms. The molecule has 0 fully saturated rings. The minimum atomic E-state index is -0.666. The number of aliphatic hydroxyl groups excluding tert-OH is 1. The number of hydrogen-bond acceptors (Lipinski definition) is 5. The van der Waals surface area contributed by atoms with Crippen molar-refractivity contribution in [3.8, 4) is 0 Å². The van der Waals surface area contributed by atoms with E-state index in [-0.39, 0.29) is 19.1 Å². The molecule has 2 N–H and O–H groups in total. The van der Waals surface area contributed by atoms with Gasteiger partial charge in [0.1, 0.15) is 12.7 Å². The molecule has 0 aromatic carbocycles. The molecule has 0 aliphatic rings. The molecule has 1 amide bonds. The minimum absolute atomic E-state index is 0.134. The average molecular weight is 228 g/mol. The van der Waals surface area contributed by atoms with Gasteiger partial charge in [-0.2, -0.15) is 5.10 Å². The van der Waals surface area contributed by atoms with Crippen molar-refractivity contribution in [1.82, 2.24) is 20.1 Å². The Hall–Kier alpha value is -1.47. The molecule has 0 aliphatic heterocycles. The summed E-state index contributed by atoms with van der Waals surface area (Å²) in [6.07, 6.45) is 2.61. The highest BCUT2D eigenvalue weighted by molar-refractivity contribution is 5.75. The SMILES string of the molecule is COCC(O)CNC(=O)CCn1cncn1. The van der Waals surface area contributed by atoms with Gasteiger partial charge in [-0.15, -0.1) is 0 Å². The molecule has 7 nitrogen and oxygen atoms in total. The maximum absolute atomic E-state index is 11.3. The third-order valence-electron chi connectivity index (χ3n) is 1.93. The van der Waals surface area contributed by atoms with E-state index in [1.807, 2.05) is 0 Å². The second-order valence-electron chi connectivity index (χ2n) is 3.32. The van der Waals surface area contributed by atoms with Gasteiger partial charge in [0.25, 0.3) is 0 Å². The van der Waals surface area contributed by atoms with Crippen LogP contribution in [0.2, 0.25) is 0 Å². The summed E-state index contributed by atoms with van der Waals surface area (Å²) in [6, 6.07) is 0. The Kier molecular flexibility index (Phi) is 5.44. The second-order valence-corrected chi connectivity index (χ2v) is 3.32. The maximum atomic E-state index is 11.3. The van der Waals surface area contributed by atoms with E-state index in [2.05, 4.69) is 15.4 Å².